The summed E-state index contributed by atoms with van der Waals surface area (Å²) in [6.45, 7) is 2.15. The molecule has 0 aromatic carbocycles. The van der Waals surface area contributed by atoms with E-state index in [-0.39, 0.29) is 0 Å². The molecule has 0 radical (unpaired) electrons. The number of hydrogen-bond donors (Lipinski definition) is 2. The minimum absolute atomic E-state index is 0.524. The maximum absolute atomic E-state index is 4.43. The number of piperidine rings is 1. The van der Waals surface area contributed by atoms with Crippen LogP contribution in [0.1, 0.15) is 24.5 Å². The number of aromatic nitrogens is 3. The van der Waals surface area contributed by atoms with Crippen LogP contribution < -0.4 is 5.32 Å². The molecule has 2 aromatic heterocycles. The van der Waals surface area contributed by atoms with E-state index in [1.165, 1.54) is 18.5 Å². The summed E-state index contributed by atoms with van der Waals surface area (Å²) >= 11 is 3.68. The van der Waals surface area contributed by atoms with Crippen molar-refractivity contribution in [1.29, 1.82) is 0 Å². The van der Waals surface area contributed by atoms with Crippen LogP contribution in [0.5, 0.6) is 0 Å². The van der Waals surface area contributed by atoms with Crippen LogP contribution in [-0.4, -0.2) is 28.3 Å². The molecular weight excluding hydrogens is 292 g/mol. The fourth-order valence-electron chi connectivity index (χ4n) is 2.41. The summed E-state index contributed by atoms with van der Waals surface area (Å²) in [5.74, 6) is 0.524. The minimum atomic E-state index is 0.524. The van der Waals surface area contributed by atoms with Crippen molar-refractivity contribution in [3.05, 3.63) is 34.7 Å². The normalized spacial score (nSPS) is 19.9. The van der Waals surface area contributed by atoms with Gasteiger partial charge in [0.1, 0.15) is 5.69 Å². The second-order valence-corrected chi connectivity index (χ2v) is 5.37. The second kappa shape index (κ2) is 5.20. The first-order chi connectivity index (χ1) is 8.86. The average Bonchev–Trinajstić information content (AvgIpc) is 2.83. The van der Waals surface area contributed by atoms with Gasteiger partial charge in [-0.3, -0.25) is 10.1 Å². The summed E-state index contributed by atoms with van der Waals surface area (Å²) in [5, 5.41) is 11.0. The van der Waals surface area contributed by atoms with E-state index in [1.54, 1.807) is 12.4 Å². The van der Waals surface area contributed by atoms with E-state index in [9.17, 15) is 0 Å². The largest absolute Gasteiger partial charge is 0.316 e. The summed E-state index contributed by atoms with van der Waals surface area (Å²) in [4.78, 5) is 4.03. The number of nitrogens with zero attached hydrogens (tertiary/aromatic N) is 2. The average molecular weight is 307 g/mol. The number of H-pyrrole nitrogens is 1. The van der Waals surface area contributed by atoms with E-state index < -0.39 is 0 Å². The Morgan fingerprint density at radius 1 is 1.28 bits per heavy atom. The maximum atomic E-state index is 4.43. The van der Waals surface area contributed by atoms with Gasteiger partial charge in [-0.2, -0.15) is 5.10 Å². The molecule has 0 aliphatic carbocycles. The predicted molar refractivity (Wildman–Crippen MR) is 74.4 cm³/mol. The Morgan fingerprint density at radius 2 is 2.11 bits per heavy atom. The molecule has 0 spiro atoms. The highest BCUT2D eigenvalue weighted by atomic mass is 79.9. The highest BCUT2D eigenvalue weighted by Gasteiger charge is 2.22. The molecule has 1 atom stereocenters. The van der Waals surface area contributed by atoms with Gasteiger partial charge >= 0.3 is 0 Å². The SMILES string of the molecule is Brc1c(-c2ccncc2)n[nH]c1C1CCCNC1. The van der Waals surface area contributed by atoms with Crippen molar-refractivity contribution in [3.8, 4) is 11.3 Å². The van der Waals surface area contributed by atoms with Crippen molar-refractivity contribution in [3.63, 3.8) is 0 Å². The van der Waals surface area contributed by atoms with E-state index in [4.69, 9.17) is 0 Å². The molecule has 3 rings (SSSR count). The molecule has 1 saturated heterocycles. The van der Waals surface area contributed by atoms with Crippen LogP contribution in [0, 0.1) is 0 Å². The zero-order chi connectivity index (χ0) is 12.4. The molecule has 1 fully saturated rings. The molecule has 0 bridgehead atoms. The number of pyridine rings is 1. The number of rotatable bonds is 2. The lowest BCUT2D eigenvalue weighted by atomic mass is 9.96. The standard InChI is InChI=1S/C13H15BrN4/c14-11-12(9-3-6-15-7-4-9)17-18-13(11)10-2-1-5-16-8-10/h3-4,6-7,10,16H,1-2,5,8H2,(H,17,18). The van der Waals surface area contributed by atoms with E-state index in [2.05, 4.69) is 36.4 Å². The van der Waals surface area contributed by atoms with Gasteiger partial charge in [0.25, 0.3) is 0 Å². The van der Waals surface area contributed by atoms with Gasteiger partial charge in [0.2, 0.25) is 0 Å². The van der Waals surface area contributed by atoms with Gasteiger partial charge in [-0.15, -0.1) is 0 Å². The molecule has 2 N–H and O–H groups in total. The van der Waals surface area contributed by atoms with E-state index in [1.807, 2.05) is 12.1 Å². The molecule has 4 nitrogen and oxygen atoms in total. The van der Waals surface area contributed by atoms with Crippen molar-refractivity contribution in [2.75, 3.05) is 13.1 Å². The highest BCUT2D eigenvalue weighted by Crippen LogP contribution is 2.34. The van der Waals surface area contributed by atoms with E-state index >= 15 is 0 Å². The van der Waals surface area contributed by atoms with Gasteiger partial charge in [-0.1, -0.05) is 0 Å². The Balaban J connectivity index is 1.92. The van der Waals surface area contributed by atoms with Crippen molar-refractivity contribution in [2.24, 2.45) is 0 Å². The monoisotopic (exact) mass is 306 g/mol. The molecule has 5 heteroatoms. The molecule has 94 valence electrons. The quantitative estimate of drug-likeness (QED) is 0.897. The Labute approximate surface area is 114 Å². The van der Waals surface area contributed by atoms with Gasteiger partial charge < -0.3 is 5.32 Å². The molecule has 1 aliphatic rings. The number of hydrogen-bond acceptors (Lipinski definition) is 3. The smallest absolute Gasteiger partial charge is 0.107 e. The molecule has 0 amide bonds. The van der Waals surface area contributed by atoms with Crippen LogP contribution in [0.15, 0.2) is 29.0 Å². The van der Waals surface area contributed by atoms with Gasteiger partial charge in [0, 0.05) is 30.4 Å². The molecule has 1 unspecified atom stereocenters. The van der Waals surface area contributed by atoms with E-state index in [0.29, 0.717) is 5.92 Å². The van der Waals surface area contributed by atoms with Crippen LogP contribution in [0.3, 0.4) is 0 Å². The van der Waals surface area contributed by atoms with Crippen LogP contribution in [0.2, 0.25) is 0 Å². The first-order valence-corrected chi connectivity index (χ1v) is 7.00. The Kier molecular flexibility index (Phi) is 3.43. The number of aromatic amines is 1. The lowest BCUT2D eigenvalue weighted by molar-refractivity contribution is 0.453. The molecule has 2 aromatic rings. The van der Waals surface area contributed by atoms with Crippen molar-refractivity contribution < 1.29 is 0 Å². The first kappa shape index (κ1) is 11.9. The third-order valence-corrected chi connectivity index (χ3v) is 4.19. The predicted octanol–water partition coefficient (Wildman–Crippen LogP) is 2.70. The molecular formula is C13H15BrN4. The summed E-state index contributed by atoms with van der Waals surface area (Å²) in [6, 6.07) is 3.95. The van der Waals surface area contributed by atoms with E-state index in [0.717, 1.165) is 28.8 Å². The number of halogens is 1. The van der Waals surface area contributed by atoms with Gasteiger partial charge in [-0.25, -0.2) is 0 Å². The lowest BCUT2D eigenvalue weighted by Gasteiger charge is -2.21. The van der Waals surface area contributed by atoms with Crippen LogP contribution >= 0.6 is 15.9 Å². The zero-order valence-electron chi connectivity index (χ0n) is 9.99. The van der Waals surface area contributed by atoms with Crippen LogP contribution in [0.4, 0.5) is 0 Å². The Morgan fingerprint density at radius 3 is 2.83 bits per heavy atom. The van der Waals surface area contributed by atoms with Crippen molar-refractivity contribution >= 4 is 15.9 Å². The summed E-state index contributed by atoms with van der Waals surface area (Å²) in [6.07, 6.45) is 6.01. The van der Waals surface area contributed by atoms with Crippen LogP contribution in [-0.2, 0) is 0 Å². The first-order valence-electron chi connectivity index (χ1n) is 6.21. The third-order valence-electron chi connectivity index (χ3n) is 3.39. The summed E-state index contributed by atoms with van der Waals surface area (Å²) < 4.78 is 1.09. The second-order valence-electron chi connectivity index (χ2n) is 4.58. The zero-order valence-corrected chi connectivity index (χ0v) is 11.6. The number of nitrogens with one attached hydrogen (secondary N) is 2. The van der Waals surface area contributed by atoms with Crippen molar-refractivity contribution in [2.45, 2.75) is 18.8 Å². The third kappa shape index (κ3) is 2.20. The van der Waals surface area contributed by atoms with Gasteiger partial charge in [0.15, 0.2) is 0 Å². The maximum Gasteiger partial charge on any atom is 0.107 e. The van der Waals surface area contributed by atoms with Gasteiger partial charge in [0.05, 0.1) is 10.2 Å². The molecule has 3 heterocycles. The van der Waals surface area contributed by atoms with Gasteiger partial charge in [-0.05, 0) is 47.4 Å². The minimum Gasteiger partial charge on any atom is -0.316 e. The fourth-order valence-corrected chi connectivity index (χ4v) is 3.14. The van der Waals surface area contributed by atoms with Crippen molar-refractivity contribution in [1.82, 2.24) is 20.5 Å². The molecule has 1 aliphatic heterocycles. The highest BCUT2D eigenvalue weighted by molar-refractivity contribution is 9.10. The lowest BCUT2D eigenvalue weighted by Crippen LogP contribution is -2.28. The summed E-state index contributed by atoms with van der Waals surface area (Å²) in [7, 11) is 0. The topological polar surface area (TPSA) is 53.6 Å². The fraction of sp³-hybridized carbons (Fsp3) is 0.385. The summed E-state index contributed by atoms with van der Waals surface area (Å²) in [5.41, 5.74) is 3.26. The Hall–Kier alpha value is -1.20. The molecule has 18 heavy (non-hydrogen) atoms. The van der Waals surface area contributed by atoms with Crippen LogP contribution in [0.25, 0.3) is 11.3 Å². The Bertz CT molecular complexity index is 517. The molecule has 0 saturated carbocycles.